The highest BCUT2D eigenvalue weighted by Gasteiger charge is 2.12. The van der Waals surface area contributed by atoms with E-state index in [1.165, 1.54) is 0 Å². The zero-order valence-corrected chi connectivity index (χ0v) is 12.4. The van der Waals surface area contributed by atoms with Gasteiger partial charge in [0.05, 0.1) is 12.8 Å². The molecule has 3 N–H and O–H groups in total. The molecule has 20 heavy (non-hydrogen) atoms. The van der Waals surface area contributed by atoms with Crippen molar-refractivity contribution >= 4 is 11.6 Å². The van der Waals surface area contributed by atoms with E-state index in [0.717, 1.165) is 24.4 Å². The number of ether oxygens (including phenoxy) is 1. The SMILES string of the molecule is CCNC(=O)CCN(CCCN)c1ccccc1OC. The van der Waals surface area contributed by atoms with Crippen LogP contribution in [0.4, 0.5) is 5.69 Å². The van der Waals surface area contributed by atoms with Crippen molar-refractivity contribution in [1.29, 1.82) is 0 Å². The lowest BCUT2D eigenvalue weighted by molar-refractivity contribution is -0.120. The molecule has 1 amide bonds. The first-order chi connectivity index (χ1) is 9.72. The van der Waals surface area contributed by atoms with Gasteiger partial charge in [-0.1, -0.05) is 12.1 Å². The van der Waals surface area contributed by atoms with Gasteiger partial charge in [0.2, 0.25) is 5.91 Å². The van der Waals surface area contributed by atoms with E-state index in [2.05, 4.69) is 10.2 Å². The Bertz CT molecular complexity index is 410. The molecule has 1 aromatic rings. The Morgan fingerprint density at radius 2 is 2.10 bits per heavy atom. The zero-order valence-electron chi connectivity index (χ0n) is 12.4. The topological polar surface area (TPSA) is 67.6 Å². The minimum Gasteiger partial charge on any atom is -0.495 e. The van der Waals surface area contributed by atoms with Gasteiger partial charge >= 0.3 is 0 Å². The molecular formula is C15H25N3O2. The Kier molecular flexibility index (Phi) is 7.50. The number of benzene rings is 1. The molecule has 1 rings (SSSR count). The number of hydrogen-bond donors (Lipinski definition) is 2. The van der Waals surface area contributed by atoms with E-state index in [9.17, 15) is 4.79 Å². The molecule has 0 saturated heterocycles. The minimum absolute atomic E-state index is 0.0696. The predicted octanol–water partition coefficient (Wildman–Crippen LogP) is 1.38. The molecule has 0 atom stereocenters. The number of nitrogens with two attached hydrogens (primary N) is 1. The van der Waals surface area contributed by atoms with Crippen LogP contribution < -0.4 is 20.7 Å². The van der Waals surface area contributed by atoms with E-state index in [0.29, 0.717) is 26.1 Å². The molecule has 112 valence electrons. The highest BCUT2D eigenvalue weighted by Crippen LogP contribution is 2.27. The maximum atomic E-state index is 11.6. The van der Waals surface area contributed by atoms with Gasteiger partial charge in [0.15, 0.2) is 0 Å². The van der Waals surface area contributed by atoms with Crippen LogP contribution >= 0.6 is 0 Å². The average molecular weight is 279 g/mol. The third-order valence-electron chi connectivity index (χ3n) is 3.04. The van der Waals surface area contributed by atoms with Crippen LogP contribution in [0.15, 0.2) is 24.3 Å². The molecule has 0 aliphatic heterocycles. The Labute approximate surface area is 121 Å². The van der Waals surface area contributed by atoms with Crippen molar-refractivity contribution in [2.45, 2.75) is 19.8 Å². The molecule has 1 aromatic carbocycles. The second-order valence-corrected chi connectivity index (χ2v) is 4.50. The van der Waals surface area contributed by atoms with Crippen molar-refractivity contribution in [3.05, 3.63) is 24.3 Å². The summed E-state index contributed by atoms with van der Waals surface area (Å²) in [6.07, 6.45) is 1.35. The van der Waals surface area contributed by atoms with E-state index in [-0.39, 0.29) is 5.91 Å². The van der Waals surface area contributed by atoms with E-state index < -0.39 is 0 Å². The van der Waals surface area contributed by atoms with Gasteiger partial charge in [0, 0.05) is 26.1 Å². The number of nitrogens with zero attached hydrogens (tertiary/aromatic N) is 1. The summed E-state index contributed by atoms with van der Waals surface area (Å²) < 4.78 is 5.39. The molecule has 0 saturated carbocycles. The van der Waals surface area contributed by atoms with E-state index in [1.54, 1.807) is 7.11 Å². The van der Waals surface area contributed by atoms with Gasteiger partial charge < -0.3 is 20.7 Å². The molecule has 0 aliphatic rings. The van der Waals surface area contributed by atoms with Crippen molar-refractivity contribution in [1.82, 2.24) is 5.32 Å². The van der Waals surface area contributed by atoms with Crippen LogP contribution in [0, 0.1) is 0 Å². The monoisotopic (exact) mass is 279 g/mol. The summed E-state index contributed by atoms with van der Waals surface area (Å²) in [7, 11) is 1.66. The molecule has 0 spiro atoms. The lowest BCUT2D eigenvalue weighted by Crippen LogP contribution is -2.32. The van der Waals surface area contributed by atoms with Crippen LogP contribution in [0.3, 0.4) is 0 Å². The third kappa shape index (κ3) is 5.09. The predicted molar refractivity (Wildman–Crippen MR) is 82.2 cm³/mol. The Morgan fingerprint density at radius 3 is 2.75 bits per heavy atom. The van der Waals surface area contributed by atoms with Crippen LogP contribution in [0.1, 0.15) is 19.8 Å². The molecule has 5 nitrogen and oxygen atoms in total. The van der Waals surface area contributed by atoms with Crippen molar-refractivity contribution in [3.8, 4) is 5.75 Å². The van der Waals surface area contributed by atoms with Crippen LogP contribution in [-0.2, 0) is 4.79 Å². The van der Waals surface area contributed by atoms with Gasteiger partial charge in [-0.05, 0) is 32.0 Å². The smallest absolute Gasteiger partial charge is 0.221 e. The molecular weight excluding hydrogens is 254 g/mol. The number of rotatable bonds is 9. The number of para-hydroxylation sites is 2. The lowest BCUT2D eigenvalue weighted by Gasteiger charge is -2.26. The Balaban J connectivity index is 2.74. The maximum absolute atomic E-state index is 11.6. The molecule has 0 unspecified atom stereocenters. The maximum Gasteiger partial charge on any atom is 0.221 e. The second kappa shape index (κ2) is 9.20. The van der Waals surface area contributed by atoms with E-state index in [1.807, 2.05) is 31.2 Å². The summed E-state index contributed by atoms with van der Waals surface area (Å²) in [5, 5.41) is 2.82. The second-order valence-electron chi connectivity index (χ2n) is 4.50. The first-order valence-electron chi connectivity index (χ1n) is 7.07. The fourth-order valence-electron chi connectivity index (χ4n) is 2.05. The summed E-state index contributed by atoms with van der Waals surface area (Å²) >= 11 is 0. The van der Waals surface area contributed by atoms with Crippen molar-refractivity contribution in [2.75, 3.05) is 38.2 Å². The van der Waals surface area contributed by atoms with Crippen LogP contribution in [0.5, 0.6) is 5.75 Å². The number of methoxy groups -OCH3 is 1. The quantitative estimate of drug-likeness (QED) is 0.716. The molecule has 0 radical (unpaired) electrons. The lowest BCUT2D eigenvalue weighted by atomic mass is 10.2. The fraction of sp³-hybridized carbons (Fsp3) is 0.533. The van der Waals surface area contributed by atoms with Gasteiger partial charge in [-0.15, -0.1) is 0 Å². The Morgan fingerprint density at radius 1 is 1.35 bits per heavy atom. The van der Waals surface area contributed by atoms with Gasteiger partial charge in [-0.3, -0.25) is 4.79 Å². The zero-order chi connectivity index (χ0) is 14.8. The molecule has 5 heteroatoms. The first-order valence-corrected chi connectivity index (χ1v) is 7.07. The number of nitrogens with one attached hydrogen (secondary N) is 1. The normalized spacial score (nSPS) is 10.2. The van der Waals surface area contributed by atoms with Gasteiger partial charge in [0.1, 0.15) is 5.75 Å². The highest BCUT2D eigenvalue weighted by atomic mass is 16.5. The van der Waals surface area contributed by atoms with Crippen molar-refractivity contribution in [3.63, 3.8) is 0 Å². The van der Waals surface area contributed by atoms with Crippen molar-refractivity contribution in [2.24, 2.45) is 5.73 Å². The molecule has 0 fully saturated rings. The van der Waals surface area contributed by atoms with Crippen LogP contribution in [0.2, 0.25) is 0 Å². The number of carbonyl (C=O) groups is 1. The number of anilines is 1. The first kappa shape index (κ1) is 16.3. The number of amides is 1. The highest BCUT2D eigenvalue weighted by molar-refractivity contribution is 5.76. The van der Waals surface area contributed by atoms with Crippen LogP contribution in [-0.4, -0.2) is 39.2 Å². The molecule has 0 aliphatic carbocycles. The third-order valence-corrected chi connectivity index (χ3v) is 3.04. The molecule has 0 aromatic heterocycles. The largest absolute Gasteiger partial charge is 0.495 e. The number of carbonyl (C=O) groups excluding carboxylic acids is 1. The molecule has 0 heterocycles. The van der Waals surface area contributed by atoms with Gasteiger partial charge in [0.25, 0.3) is 0 Å². The number of hydrogen-bond acceptors (Lipinski definition) is 4. The van der Waals surface area contributed by atoms with Gasteiger partial charge in [-0.25, -0.2) is 0 Å². The van der Waals surface area contributed by atoms with Crippen molar-refractivity contribution < 1.29 is 9.53 Å². The summed E-state index contributed by atoms with van der Waals surface area (Å²) in [6, 6.07) is 7.84. The summed E-state index contributed by atoms with van der Waals surface area (Å²) in [6.45, 7) is 4.69. The van der Waals surface area contributed by atoms with E-state index >= 15 is 0 Å². The Hall–Kier alpha value is -1.75. The van der Waals surface area contributed by atoms with Gasteiger partial charge in [-0.2, -0.15) is 0 Å². The standard InChI is InChI=1S/C15H25N3O2/c1-3-17-15(19)9-12-18(11-6-10-16)13-7-4-5-8-14(13)20-2/h4-5,7-8H,3,6,9-12,16H2,1-2H3,(H,17,19). The minimum atomic E-state index is 0.0696. The van der Waals surface area contributed by atoms with E-state index in [4.69, 9.17) is 10.5 Å². The molecule has 0 bridgehead atoms. The summed E-state index contributed by atoms with van der Waals surface area (Å²) in [5.41, 5.74) is 6.60. The fourth-order valence-corrected chi connectivity index (χ4v) is 2.05. The summed E-state index contributed by atoms with van der Waals surface area (Å²) in [4.78, 5) is 13.8. The van der Waals surface area contributed by atoms with Crippen LogP contribution in [0.25, 0.3) is 0 Å². The summed E-state index contributed by atoms with van der Waals surface area (Å²) in [5.74, 6) is 0.889. The average Bonchev–Trinajstić information content (AvgIpc) is 2.48.